The Morgan fingerprint density at radius 3 is 2.52 bits per heavy atom. The lowest BCUT2D eigenvalue weighted by atomic mass is 10.1. The highest BCUT2D eigenvalue weighted by Crippen LogP contribution is 2.21. The highest BCUT2D eigenvalue weighted by Gasteiger charge is 2.24. The lowest BCUT2D eigenvalue weighted by Crippen LogP contribution is -2.49. The molecule has 1 aromatic carbocycles. The number of amides is 1. The van der Waals surface area contributed by atoms with E-state index in [1.165, 1.54) is 6.07 Å². The van der Waals surface area contributed by atoms with Crippen LogP contribution in [0.2, 0.25) is 0 Å². The number of hydrogen-bond donors (Lipinski definition) is 1. The number of benzene rings is 1. The lowest BCUT2D eigenvalue weighted by Gasteiger charge is -2.35. The minimum Gasteiger partial charge on any atom is -0.353 e. The summed E-state index contributed by atoms with van der Waals surface area (Å²) >= 11 is 0. The minimum atomic E-state index is -0.950. The van der Waals surface area contributed by atoms with Gasteiger partial charge in [-0.15, -0.1) is 0 Å². The van der Waals surface area contributed by atoms with Gasteiger partial charge in [0.1, 0.15) is 11.5 Å². The van der Waals surface area contributed by atoms with Gasteiger partial charge in [0.25, 0.3) is 5.91 Å². The maximum absolute atomic E-state index is 13.4. The number of aromatic nitrogens is 3. The number of carbonyl (C=O) groups is 1. The average Bonchev–Trinajstić information content (AvgIpc) is 3.20. The Bertz CT molecular complexity index is 952. The Labute approximate surface area is 154 Å². The highest BCUT2D eigenvalue weighted by molar-refractivity contribution is 5.93. The van der Waals surface area contributed by atoms with Crippen molar-refractivity contribution in [2.24, 2.45) is 0 Å². The Hall–Kier alpha value is -3.29. The van der Waals surface area contributed by atoms with Crippen LogP contribution in [0.3, 0.4) is 0 Å². The molecule has 1 fully saturated rings. The molecular weight excluding hydrogens is 352 g/mol. The number of halogens is 2. The molecule has 0 spiro atoms. The monoisotopic (exact) mass is 369 g/mol. The van der Waals surface area contributed by atoms with E-state index in [2.05, 4.69) is 20.1 Å². The first-order valence-corrected chi connectivity index (χ1v) is 8.58. The van der Waals surface area contributed by atoms with E-state index in [1.54, 1.807) is 17.2 Å². The Morgan fingerprint density at radius 2 is 1.81 bits per heavy atom. The summed E-state index contributed by atoms with van der Waals surface area (Å²) in [4.78, 5) is 20.9. The standard InChI is InChI=1S/C19H17F2N5O/c20-14-5-4-13(11-15(14)21)16-12-17(24-23-16)19(27)26-9-7-25(8-10-26)18-3-1-2-6-22-18/h1-6,11-12H,7-10H2,(H,23,24). The molecule has 27 heavy (non-hydrogen) atoms. The summed E-state index contributed by atoms with van der Waals surface area (Å²) in [5.74, 6) is -1.14. The predicted molar refractivity (Wildman–Crippen MR) is 96.3 cm³/mol. The fourth-order valence-corrected chi connectivity index (χ4v) is 3.08. The van der Waals surface area contributed by atoms with Crippen LogP contribution in [0.25, 0.3) is 11.3 Å². The molecule has 8 heteroatoms. The fourth-order valence-electron chi connectivity index (χ4n) is 3.08. The molecule has 0 saturated carbocycles. The summed E-state index contributed by atoms with van der Waals surface area (Å²) in [5.41, 5.74) is 1.12. The van der Waals surface area contributed by atoms with Gasteiger partial charge in [0, 0.05) is 37.9 Å². The molecule has 1 saturated heterocycles. The number of aromatic amines is 1. The second kappa shape index (κ2) is 7.14. The minimum absolute atomic E-state index is 0.169. The van der Waals surface area contributed by atoms with E-state index >= 15 is 0 Å². The Balaban J connectivity index is 1.43. The first-order valence-electron chi connectivity index (χ1n) is 8.58. The Morgan fingerprint density at radius 1 is 1.00 bits per heavy atom. The van der Waals surface area contributed by atoms with E-state index in [0.29, 0.717) is 43.1 Å². The van der Waals surface area contributed by atoms with Gasteiger partial charge in [-0.1, -0.05) is 6.07 Å². The van der Waals surface area contributed by atoms with Crippen molar-refractivity contribution in [2.45, 2.75) is 0 Å². The van der Waals surface area contributed by atoms with E-state index < -0.39 is 11.6 Å². The number of carbonyl (C=O) groups excluding carboxylic acids is 1. The van der Waals surface area contributed by atoms with Crippen molar-refractivity contribution in [3.8, 4) is 11.3 Å². The number of anilines is 1. The van der Waals surface area contributed by atoms with Crippen LogP contribution < -0.4 is 4.90 Å². The van der Waals surface area contributed by atoms with E-state index in [1.807, 2.05) is 18.2 Å². The summed E-state index contributed by atoms with van der Waals surface area (Å²) in [7, 11) is 0. The summed E-state index contributed by atoms with van der Waals surface area (Å²) in [5, 5.41) is 6.75. The number of piperazine rings is 1. The van der Waals surface area contributed by atoms with Crippen molar-refractivity contribution in [3.05, 3.63) is 66.0 Å². The molecule has 0 bridgehead atoms. The van der Waals surface area contributed by atoms with E-state index in [-0.39, 0.29) is 5.91 Å². The second-order valence-electron chi connectivity index (χ2n) is 6.26. The zero-order chi connectivity index (χ0) is 18.8. The van der Waals surface area contributed by atoms with Crippen LogP contribution >= 0.6 is 0 Å². The molecule has 1 N–H and O–H groups in total. The molecule has 1 aliphatic heterocycles. The third-order valence-electron chi connectivity index (χ3n) is 4.56. The number of H-pyrrole nitrogens is 1. The number of nitrogens with one attached hydrogen (secondary N) is 1. The van der Waals surface area contributed by atoms with Gasteiger partial charge in [-0.2, -0.15) is 5.10 Å². The quantitative estimate of drug-likeness (QED) is 0.771. The van der Waals surface area contributed by atoms with Gasteiger partial charge in [0.15, 0.2) is 11.6 Å². The van der Waals surface area contributed by atoms with Crippen LogP contribution in [-0.2, 0) is 0 Å². The molecule has 0 unspecified atom stereocenters. The average molecular weight is 369 g/mol. The maximum Gasteiger partial charge on any atom is 0.272 e. The van der Waals surface area contributed by atoms with Gasteiger partial charge in [-0.05, 0) is 36.4 Å². The number of nitrogens with zero attached hydrogens (tertiary/aromatic N) is 4. The van der Waals surface area contributed by atoms with Crippen molar-refractivity contribution < 1.29 is 13.6 Å². The second-order valence-corrected chi connectivity index (χ2v) is 6.26. The van der Waals surface area contributed by atoms with Crippen molar-refractivity contribution in [1.82, 2.24) is 20.1 Å². The number of rotatable bonds is 3. The predicted octanol–water partition coefficient (Wildman–Crippen LogP) is 2.71. The molecule has 0 aliphatic carbocycles. The first-order chi connectivity index (χ1) is 13.1. The zero-order valence-electron chi connectivity index (χ0n) is 14.4. The molecule has 138 valence electrons. The van der Waals surface area contributed by atoms with Gasteiger partial charge in [-0.3, -0.25) is 9.89 Å². The largest absolute Gasteiger partial charge is 0.353 e. The fraction of sp³-hybridized carbons (Fsp3) is 0.211. The topological polar surface area (TPSA) is 65.1 Å². The molecule has 3 heterocycles. The normalized spacial score (nSPS) is 14.4. The molecule has 6 nitrogen and oxygen atoms in total. The summed E-state index contributed by atoms with van der Waals surface area (Å²) in [6, 6.07) is 10.8. The van der Waals surface area contributed by atoms with Gasteiger partial charge < -0.3 is 9.80 Å². The van der Waals surface area contributed by atoms with Crippen LogP contribution in [-0.4, -0.2) is 52.2 Å². The number of pyridine rings is 1. The zero-order valence-corrected chi connectivity index (χ0v) is 14.4. The van der Waals surface area contributed by atoms with Crippen LogP contribution in [0.1, 0.15) is 10.5 Å². The summed E-state index contributed by atoms with van der Waals surface area (Å²) in [6.45, 7) is 2.50. The van der Waals surface area contributed by atoms with Crippen molar-refractivity contribution in [3.63, 3.8) is 0 Å². The summed E-state index contributed by atoms with van der Waals surface area (Å²) in [6.07, 6.45) is 1.75. The molecule has 1 aliphatic rings. The molecule has 1 amide bonds. The van der Waals surface area contributed by atoms with Gasteiger partial charge in [0.05, 0.1) is 5.69 Å². The van der Waals surface area contributed by atoms with Crippen molar-refractivity contribution in [2.75, 3.05) is 31.1 Å². The van der Waals surface area contributed by atoms with Crippen molar-refractivity contribution >= 4 is 11.7 Å². The van der Waals surface area contributed by atoms with Gasteiger partial charge in [-0.25, -0.2) is 13.8 Å². The number of hydrogen-bond acceptors (Lipinski definition) is 4. The third kappa shape index (κ3) is 3.51. The smallest absolute Gasteiger partial charge is 0.272 e. The SMILES string of the molecule is O=C(c1cc(-c2ccc(F)c(F)c2)n[nH]1)N1CCN(c2ccccn2)CC1. The van der Waals surface area contributed by atoms with E-state index in [4.69, 9.17) is 0 Å². The third-order valence-corrected chi connectivity index (χ3v) is 4.56. The van der Waals surface area contributed by atoms with E-state index in [0.717, 1.165) is 18.0 Å². The van der Waals surface area contributed by atoms with E-state index in [9.17, 15) is 13.6 Å². The molecular formula is C19H17F2N5O. The van der Waals surface area contributed by atoms with Crippen LogP contribution in [0.5, 0.6) is 0 Å². The van der Waals surface area contributed by atoms with Crippen LogP contribution in [0.15, 0.2) is 48.7 Å². The Kier molecular flexibility index (Phi) is 4.53. The molecule has 0 radical (unpaired) electrons. The van der Waals surface area contributed by atoms with Crippen LogP contribution in [0, 0.1) is 11.6 Å². The summed E-state index contributed by atoms with van der Waals surface area (Å²) < 4.78 is 26.5. The van der Waals surface area contributed by atoms with Gasteiger partial charge >= 0.3 is 0 Å². The first kappa shape index (κ1) is 17.1. The highest BCUT2D eigenvalue weighted by atomic mass is 19.2. The molecule has 3 aromatic rings. The van der Waals surface area contributed by atoms with Crippen molar-refractivity contribution in [1.29, 1.82) is 0 Å². The van der Waals surface area contributed by atoms with Gasteiger partial charge in [0.2, 0.25) is 0 Å². The van der Waals surface area contributed by atoms with Crippen LogP contribution in [0.4, 0.5) is 14.6 Å². The molecule has 2 aromatic heterocycles. The lowest BCUT2D eigenvalue weighted by molar-refractivity contribution is 0.0740. The molecule has 0 atom stereocenters. The maximum atomic E-state index is 13.4. The molecule has 4 rings (SSSR count).